The largest absolute Gasteiger partial charge is 0.287 e. The van der Waals surface area contributed by atoms with Gasteiger partial charge in [-0.25, -0.2) is 4.21 Å². The molecule has 0 heterocycles. The molecular formula is C13H24O2S. The second kappa shape index (κ2) is 6.15. The average Bonchev–Trinajstić information content (AvgIpc) is 2.30. The van der Waals surface area contributed by atoms with Crippen LogP contribution in [0, 0.1) is 11.8 Å². The van der Waals surface area contributed by atoms with E-state index >= 15 is 0 Å². The summed E-state index contributed by atoms with van der Waals surface area (Å²) in [6.07, 6.45) is 14.0. The molecule has 0 aliphatic heterocycles. The summed E-state index contributed by atoms with van der Waals surface area (Å²) in [5, 5.41) is 0. The van der Waals surface area contributed by atoms with E-state index in [4.69, 9.17) is 4.18 Å². The van der Waals surface area contributed by atoms with E-state index in [1.54, 1.807) is 6.26 Å². The molecule has 2 aliphatic carbocycles. The third-order valence-corrected chi connectivity index (χ3v) is 4.85. The molecule has 2 rings (SSSR count). The summed E-state index contributed by atoms with van der Waals surface area (Å²) in [4.78, 5) is 0. The Morgan fingerprint density at radius 2 is 1.44 bits per heavy atom. The summed E-state index contributed by atoms with van der Waals surface area (Å²) in [5.74, 6) is 1.92. The van der Waals surface area contributed by atoms with Crippen molar-refractivity contribution in [2.24, 2.45) is 11.8 Å². The van der Waals surface area contributed by atoms with E-state index in [1.165, 1.54) is 44.9 Å². The van der Waals surface area contributed by atoms with Crippen molar-refractivity contribution in [2.75, 3.05) is 6.26 Å². The average molecular weight is 244 g/mol. The monoisotopic (exact) mass is 244 g/mol. The summed E-state index contributed by atoms with van der Waals surface area (Å²) in [6, 6.07) is 0. The van der Waals surface area contributed by atoms with Gasteiger partial charge in [-0.1, -0.05) is 32.1 Å². The number of hydrogen-bond acceptors (Lipinski definition) is 2. The maximum Gasteiger partial charge on any atom is 0.152 e. The molecule has 2 nitrogen and oxygen atoms in total. The molecular weight excluding hydrogens is 220 g/mol. The summed E-state index contributed by atoms with van der Waals surface area (Å²) >= 11 is -1.08. The zero-order chi connectivity index (χ0) is 11.4. The molecule has 0 saturated heterocycles. The first-order chi connectivity index (χ1) is 7.75. The van der Waals surface area contributed by atoms with Crippen LogP contribution in [0.2, 0.25) is 0 Å². The molecule has 0 N–H and O–H groups in total. The Labute approximate surface area is 102 Å². The van der Waals surface area contributed by atoms with Crippen molar-refractivity contribution >= 4 is 11.1 Å². The van der Waals surface area contributed by atoms with Crippen molar-refractivity contribution in [3.8, 4) is 0 Å². The predicted octanol–water partition coefficient (Wildman–Crippen LogP) is 3.44. The van der Waals surface area contributed by atoms with Gasteiger partial charge in [-0.05, 0) is 37.5 Å². The standard InChI is InChI=1S/C13H24O2S/c1-16(14)15-13-9-7-12(8-10-13)11-5-3-2-4-6-11/h11-13H,2-10H2,1H3. The molecule has 0 aromatic rings. The summed E-state index contributed by atoms with van der Waals surface area (Å²) < 4.78 is 16.4. The zero-order valence-corrected chi connectivity index (χ0v) is 11.1. The van der Waals surface area contributed by atoms with Crippen LogP contribution in [0.15, 0.2) is 0 Å². The smallest absolute Gasteiger partial charge is 0.152 e. The van der Waals surface area contributed by atoms with E-state index in [2.05, 4.69) is 0 Å². The van der Waals surface area contributed by atoms with Gasteiger partial charge in [-0.3, -0.25) is 4.18 Å². The van der Waals surface area contributed by atoms with Gasteiger partial charge in [0, 0.05) is 6.26 Å². The van der Waals surface area contributed by atoms with Gasteiger partial charge in [-0.15, -0.1) is 0 Å². The number of rotatable bonds is 3. The molecule has 16 heavy (non-hydrogen) atoms. The van der Waals surface area contributed by atoms with Crippen molar-refractivity contribution in [3.05, 3.63) is 0 Å². The Kier molecular flexibility index (Phi) is 4.83. The summed E-state index contributed by atoms with van der Waals surface area (Å²) in [7, 11) is 0. The van der Waals surface area contributed by atoms with Crippen molar-refractivity contribution in [1.29, 1.82) is 0 Å². The molecule has 0 aromatic carbocycles. The lowest BCUT2D eigenvalue weighted by atomic mass is 9.73. The number of hydrogen-bond donors (Lipinski definition) is 0. The Balaban J connectivity index is 1.73. The first-order valence-corrected chi connectivity index (χ1v) is 8.24. The van der Waals surface area contributed by atoms with Gasteiger partial charge < -0.3 is 0 Å². The van der Waals surface area contributed by atoms with E-state index in [1.807, 2.05) is 0 Å². The van der Waals surface area contributed by atoms with Crippen LogP contribution in [-0.2, 0) is 15.3 Å². The fraction of sp³-hybridized carbons (Fsp3) is 1.00. The predicted molar refractivity (Wildman–Crippen MR) is 67.5 cm³/mol. The molecule has 2 aliphatic rings. The third kappa shape index (κ3) is 3.56. The van der Waals surface area contributed by atoms with Gasteiger partial charge in [-0.2, -0.15) is 0 Å². The Morgan fingerprint density at radius 1 is 0.875 bits per heavy atom. The molecule has 3 heteroatoms. The van der Waals surface area contributed by atoms with E-state index in [0.717, 1.165) is 24.7 Å². The minimum absolute atomic E-state index is 0.269. The molecule has 2 fully saturated rings. The van der Waals surface area contributed by atoms with Crippen LogP contribution in [-0.4, -0.2) is 16.6 Å². The van der Waals surface area contributed by atoms with Crippen molar-refractivity contribution in [1.82, 2.24) is 0 Å². The first-order valence-electron chi connectivity index (χ1n) is 6.76. The highest BCUT2D eigenvalue weighted by molar-refractivity contribution is 7.79. The summed E-state index contributed by atoms with van der Waals surface area (Å²) in [5.41, 5.74) is 0. The Hall–Kier alpha value is 0.110. The van der Waals surface area contributed by atoms with Crippen LogP contribution in [0.4, 0.5) is 0 Å². The highest BCUT2D eigenvalue weighted by Crippen LogP contribution is 2.38. The molecule has 0 bridgehead atoms. The highest BCUT2D eigenvalue weighted by atomic mass is 32.2. The maximum atomic E-state index is 11.0. The molecule has 0 radical (unpaired) electrons. The topological polar surface area (TPSA) is 26.3 Å². The van der Waals surface area contributed by atoms with Crippen LogP contribution in [0.5, 0.6) is 0 Å². The molecule has 0 amide bonds. The van der Waals surface area contributed by atoms with Crippen molar-refractivity contribution in [2.45, 2.75) is 63.9 Å². The van der Waals surface area contributed by atoms with Crippen molar-refractivity contribution < 1.29 is 8.39 Å². The minimum Gasteiger partial charge on any atom is -0.287 e. The fourth-order valence-corrected chi connectivity index (χ4v) is 4.03. The van der Waals surface area contributed by atoms with Gasteiger partial charge in [0.05, 0.1) is 6.10 Å². The Bertz CT molecular complexity index is 228. The zero-order valence-electron chi connectivity index (χ0n) is 10.3. The van der Waals surface area contributed by atoms with Crippen LogP contribution < -0.4 is 0 Å². The SMILES string of the molecule is CS(=O)OC1CCC(C2CCCCC2)CC1. The van der Waals surface area contributed by atoms with Gasteiger partial charge >= 0.3 is 0 Å². The normalized spacial score (nSPS) is 34.8. The van der Waals surface area contributed by atoms with Crippen LogP contribution in [0.25, 0.3) is 0 Å². The molecule has 0 aromatic heterocycles. The van der Waals surface area contributed by atoms with E-state index in [0.29, 0.717) is 0 Å². The Morgan fingerprint density at radius 3 is 2.00 bits per heavy atom. The lowest BCUT2D eigenvalue weighted by Gasteiger charge is -2.35. The van der Waals surface area contributed by atoms with Gasteiger partial charge in [0.25, 0.3) is 0 Å². The molecule has 2 saturated carbocycles. The molecule has 0 spiro atoms. The van der Waals surface area contributed by atoms with E-state index in [9.17, 15) is 4.21 Å². The minimum atomic E-state index is -1.08. The summed E-state index contributed by atoms with van der Waals surface area (Å²) in [6.45, 7) is 0. The van der Waals surface area contributed by atoms with Gasteiger partial charge in [0.2, 0.25) is 0 Å². The van der Waals surface area contributed by atoms with Gasteiger partial charge in [0.15, 0.2) is 11.1 Å². The lowest BCUT2D eigenvalue weighted by Crippen LogP contribution is -2.27. The fourth-order valence-electron chi connectivity index (χ4n) is 3.45. The maximum absolute atomic E-state index is 11.0. The molecule has 1 atom stereocenters. The van der Waals surface area contributed by atoms with E-state index in [-0.39, 0.29) is 6.10 Å². The highest BCUT2D eigenvalue weighted by Gasteiger charge is 2.29. The first kappa shape index (κ1) is 12.6. The molecule has 1 unspecified atom stereocenters. The second-order valence-corrected chi connectivity index (χ2v) is 6.43. The van der Waals surface area contributed by atoms with Crippen molar-refractivity contribution in [3.63, 3.8) is 0 Å². The van der Waals surface area contributed by atoms with E-state index < -0.39 is 11.1 Å². The van der Waals surface area contributed by atoms with Crippen LogP contribution in [0.3, 0.4) is 0 Å². The van der Waals surface area contributed by atoms with Crippen LogP contribution >= 0.6 is 0 Å². The van der Waals surface area contributed by atoms with Gasteiger partial charge in [0.1, 0.15) is 0 Å². The quantitative estimate of drug-likeness (QED) is 0.760. The van der Waals surface area contributed by atoms with Crippen LogP contribution in [0.1, 0.15) is 57.8 Å². The second-order valence-electron chi connectivity index (χ2n) is 5.43. The lowest BCUT2D eigenvalue weighted by molar-refractivity contribution is 0.110. The third-order valence-electron chi connectivity index (χ3n) is 4.31. The molecule has 94 valence electrons.